The highest BCUT2D eigenvalue weighted by Gasteiger charge is 2.25. The van der Waals surface area contributed by atoms with Gasteiger partial charge in [-0.25, -0.2) is 0 Å². The van der Waals surface area contributed by atoms with E-state index in [4.69, 9.17) is 0 Å². The molecule has 0 fully saturated rings. The molecule has 5 rings (SSSR count). The van der Waals surface area contributed by atoms with Crippen molar-refractivity contribution in [3.63, 3.8) is 0 Å². The minimum Gasteiger partial charge on any atom is -0.309 e. The summed E-state index contributed by atoms with van der Waals surface area (Å²) in [5, 5.41) is 2.67. The molecule has 0 aliphatic rings. The van der Waals surface area contributed by atoms with Gasteiger partial charge in [0.05, 0.1) is 11.0 Å². The first-order chi connectivity index (χ1) is 14.1. The fraction of sp³-hybridized carbons (Fsp3) is 0.143. The molecule has 1 nitrogen and oxygen atoms in total. The maximum absolute atomic E-state index is 2.40. The highest BCUT2D eigenvalue weighted by Crippen LogP contribution is 2.43. The molecule has 0 atom stereocenters. The molecule has 0 bridgehead atoms. The van der Waals surface area contributed by atoms with Crippen LogP contribution in [0.2, 0.25) is 0 Å². The second-order valence-electron chi connectivity index (χ2n) is 8.69. The van der Waals surface area contributed by atoms with Crippen LogP contribution in [-0.4, -0.2) is 4.57 Å². The van der Waals surface area contributed by atoms with Crippen molar-refractivity contribution in [3.8, 4) is 16.8 Å². The lowest BCUT2D eigenvalue weighted by Crippen LogP contribution is -2.13. The fourth-order valence-electron chi connectivity index (χ4n) is 4.55. The van der Waals surface area contributed by atoms with E-state index in [1.807, 2.05) is 0 Å². The smallest absolute Gasteiger partial charge is 0.0544 e. The topological polar surface area (TPSA) is 4.93 Å². The number of para-hydroxylation sites is 2. The third kappa shape index (κ3) is 2.86. The van der Waals surface area contributed by atoms with Crippen molar-refractivity contribution in [1.82, 2.24) is 4.57 Å². The minimum atomic E-state index is 0.0102. The van der Waals surface area contributed by atoms with Crippen molar-refractivity contribution < 1.29 is 0 Å². The van der Waals surface area contributed by atoms with E-state index in [0.29, 0.717) is 0 Å². The zero-order valence-electron chi connectivity index (χ0n) is 17.2. The Hall–Kier alpha value is -3.32. The molecule has 0 spiro atoms. The molecular formula is C28H25N. The third-order valence-corrected chi connectivity index (χ3v) is 5.69. The molecule has 29 heavy (non-hydrogen) atoms. The van der Waals surface area contributed by atoms with E-state index in [2.05, 4.69) is 122 Å². The van der Waals surface area contributed by atoms with Crippen LogP contribution in [0.1, 0.15) is 26.3 Å². The van der Waals surface area contributed by atoms with Gasteiger partial charge >= 0.3 is 0 Å². The van der Waals surface area contributed by atoms with Crippen LogP contribution in [0, 0.1) is 0 Å². The molecule has 0 aliphatic carbocycles. The largest absolute Gasteiger partial charge is 0.309 e. The van der Waals surface area contributed by atoms with Crippen molar-refractivity contribution in [3.05, 3.63) is 103 Å². The van der Waals surface area contributed by atoms with E-state index >= 15 is 0 Å². The molecule has 1 aromatic heterocycles. The first kappa shape index (κ1) is 17.8. The lowest BCUT2D eigenvalue weighted by atomic mass is 9.79. The molecular weight excluding hydrogens is 350 g/mol. The summed E-state index contributed by atoms with van der Waals surface area (Å²) >= 11 is 0. The normalized spacial score (nSPS) is 12.0. The zero-order chi connectivity index (χ0) is 20.0. The molecule has 5 aromatic rings. The van der Waals surface area contributed by atoms with Crippen molar-refractivity contribution in [1.29, 1.82) is 0 Å². The Morgan fingerprint density at radius 1 is 0.586 bits per heavy atom. The number of rotatable bonds is 2. The second-order valence-corrected chi connectivity index (χ2v) is 8.69. The quantitative estimate of drug-likeness (QED) is 0.297. The van der Waals surface area contributed by atoms with Gasteiger partial charge in [-0.15, -0.1) is 0 Å². The molecule has 1 heterocycles. The molecule has 142 valence electrons. The standard InChI is InChI=1S/C28H25N/c1-28(2,3)27-22(20-12-6-4-7-13-20)18-19-25-26(27)23-16-10-11-17-24(23)29(25)21-14-8-5-9-15-21/h4-19H,1-3H3. The average Bonchev–Trinajstić information content (AvgIpc) is 3.08. The van der Waals surface area contributed by atoms with Gasteiger partial charge in [0.15, 0.2) is 0 Å². The SMILES string of the molecule is CC(C)(C)c1c(-c2ccccc2)ccc2c1c1ccccc1n2-c1ccccc1. The Morgan fingerprint density at radius 2 is 1.21 bits per heavy atom. The molecule has 0 aliphatic heterocycles. The second kappa shape index (κ2) is 6.63. The van der Waals surface area contributed by atoms with Gasteiger partial charge < -0.3 is 4.57 Å². The summed E-state index contributed by atoms with van der Waals surface area (Å²) < 4.78 is 2.40. The molecule has 1 heteroatoms. The predicted molar refractivity (Wildman–Crippen MR) is 125 cm³/mol. The summed E-state index contributed by atoms with van der Waals surface area (Å²) in [5.41, 5.74) is 7.73. The summed E-state index contributed by atoms with van der Waals surface area (Å²) in [7, 11) is 0. The highest BCUT2D eigenvalue weighted by atomic mass is 15.0. The lowest BCUT2D eigenvalue weighted by molar-refractivity contribution is 0.598. The van der Waals surface area contributed by atoms with Gasteiger partial charge in [0, 0.05) is 16.5 Å². The Bertz CT molecular complexity index is 1300. The summed E-state index contributed by atoms with van der Waals surface area (Å²) in [6.07, 6.45) is 0. The average molecular weight is 376 g/mol. The van der Waals surface area contributed by atoms with Gasteiger partial charge in [-0.2, -0.15) is 0 Å². The Labute approximate surface area is 172 Å². The molecule has 4 aromatic carbocycles. The van der Waals surface area contributed by atoms with Crippen LogP contribution in [0.25, 0.3) is 38.6 Å². The van der Waals surface area contributed by atoms with Crippen LogP contribution in [0.15, 0.2) is 97.1 Å². The predicted octanol–water partition coefficient (Wildman–Crippen LogP) is 7.75. The van der Waals surface area contributed by atoms with Crippen LogP contribution in [-0.2, 0) is 5.41 Å². The number of aromatic nitrogens is 1. The maximum atomic E-state index is 2.40. The zero-order valence-corrected chi connectivity index (χ0v) is 17.2. The molecule has 0 N–H and O–H groups in total. The first-order valence-corrected chi connectivity index (χ1v) is 10.2. The fourth-order valence-corrected chi connectivity index (χ4v) is 4.55. The van der Waals surface area contributed by atoms with Crippen molar-refractivity contribution in [2.75, 3.05) is 0 Å². The first-order valence-electron chi connectivity index (χ1n) is 10.2. The van der Waals surface area contributed by atoms with E-state index in [0.717, 1.165) is 0 Å². The van der Waals surface area contributed by atoms with Crippen LogP contribution >= 0.6 is 0 Å². The number of benzene rings is 4. The van der Waals surface area contributed by atoms with Gasteiger partial charge in [-0.05, 0) is 46.4 Å². The van der Waals surface area contributed by atoms with Crippen molar-refractivity contribution in [2.24, 2.45) is 0 Å². The lowest BCUT2D eigenvalue weighted by Gasteiger charge is -2.25. The molecule has 0 amide bonds. The van der Waals surface area contributed by atoms with E-state index < -0.39 is 0 Å². The van der Waals surface area contributed by atoms with Crippen LogP contribution in [0.3, 0.4) is 0 Å². The number of hydrogen-bond acceptors (Lipinski definition) is 0. The third-order valence-electron chi connectivity index (χ3n) is 5.69. The maximum Gasteiger partial charge on any atom is 0.0544 e. The van der Waals surface area contributed by atoms with E-state index in [1.54, 1.807) is 0 Å². The van der Waals surface area contributed by atoms with Gasteiger partial charge in [-0.1, -0.05) is 93.6 Å². The summed E-state index contributed by atoms with van der Waals surface area (Å²) in [5.74, 6) is 0. The van der Waals surface area contributed by atoms with Gasteiger partial charge in [-0.3, -0.25) is 0 Å². The molecule has 0 radical (unpaired) electrons. The van der Waals surface area contributed by atoms with Crippen LogP contribution in [0.5, 0.6) is 0 Å². The summed E-state index contributed by atoms with van der Waals surface area (Å²) in [6, 6.07) is 34.8. The summed E-state index contributed by atoms with van der Waals surface area (Å²) in [6.45, 7) is 6.97. The summed E-state index contributed by atoms with van der Waals surface area (Å²) in [4.78, 5) is 0. The molecule has 0 saturated carbocycles. The van der Waals surface area contributed by atoms with E-state index in [9.17, 15) is 0 Å². The monoisotopic (exact) mass is 375 g/mol. The van der Waals surface area contributed by atoms with Crippen molar-refractivity contribution >= 4 is 21.8 Å². The van der Waals surface area contributed by atoms with Gasteiger partial charge in [0.1, 0.15) is 0 Å². The number of nitrogens with zero attached hydrogens (tertiary/aromatic N) is 1. The Morgan fingerprint density at radius 3 is 1.90 bits per heavy atom. The van der Waals surface area contributed by atoms with Gasteiger partial charge in [0.2, 0.25) is 0 Å². The number of fused-ring (bicyclic) bond motifs is 3. The number of hydrogen-bond donors (Lipinski definition) is 0. The van der Waals surface area contributed by atoms with Crippen LogP contribution in [0.4, 0.5) is 0 Å². The van der Waals surface area contributed by atoms with Gasteiger partial charge in [0.25, 0.3) is 0 Å². The minimum absolute atomic E-state index is 0.0102. The Balaban J connectivity index is 1.99. The van der Waals surface area contributed by atoms with E-state index in [-0.39, 0.29) is 5.41 Å². The van der Waals surface area contributed by atoms with Crippen molar-refractivity contribution in [2.45, 2.75) is 26.2 Å². The Kier molecular flexibility index (Phi) is 4.06. The molecule has 0 saturated heterocycles. The molecule has 0 unspecified atom stereocenters. The van der Waals surface area contributed by atoms with E-state index in [1.165, 1.54) is 44.2 Å². The van der Waals surface area contributed by atoms with Crippen LogP contribution < -0.4 is 0 Å². The highest BCUT2D eigenvalue weighted by molar-refractivity contribution is 6.13.